The van der Waals surface area contributed by atoms with Crippen LogP contribution in [0.25, 0.3) is 0 Å². The number of rotatable bonds is 6. The molecule has 4 heteroatoms. The molecule has 2 unspecified atom stereocenters. The number of aryl methyl sites for hydroxylation is 1. The minimum atomic E-state index is -0.948. The third kappa shape index (κ3) is 4.05. The summed E-state index contributed by atoms with van der Waals surface area (Å²) in [5.74, 6) is -0.149. The van der Waals surface area contributed by atoms with Crippen LogP contribution in [0, 0.1) is 0 Å². The van der Waals surface area contributed by atoms with Gasteiger partial charge in [0.2, 0.25) is 0 Å². The maximum Gasteiger partial charge on any atom is 0.251 e. The van der Waals surface area contributed by atoms with Gasteiger partial charge >= 0.3 is 0 Å². The highest BCUT2D eigenvalue weighted by atomic mass is 16.5. The van der Waals surface area contributed by atoms with Crippen LogP contribution in [0.3, 0.4) is 0 Å². The van der Waals surface area contributed by atoms with E-state index in [1.54, 1.807) is 0 Å². The SMILES string of the molecule is CCCCc1ccc(C(=O)NCC2(O)CCOC2C)cc1. The zero-order chi connectivity index (χ0) is 15.3. The van der Waals surface area contributed by atoms with Gasteiger partial charge in [0, 0.05) is 25.1 Å². The number of aliphatic hydroxyl groups is 1. The smallest absolute Gasteiger partial charge is 0.251 e. The Hall–Kier alpha value is -1.39. The molecular formula is C17H25NO3. The summed E-state index contributed by atoms with van der Waals surface area (Å²) in [4.78, 5) is 12.1. The largest absolute Gasteiger partial charge is 0.385 e. The monoisotopic (exact) mass is 291 g/mol. The molecule has 1 aromatic rings. The van der Waals surface area contributed by atoms with E-state index < -0.39 is 5.60 Å². The quantitative estimate of drug-likeness (QED) is 0.845. The van der Waals surface area contributed by atoms with Crippen LogP contribution < -0.4 is 5.32 Å². The zero-order valence-electron chi connectivity index (χ0n) is 12.9. The number of hydrogen-bond acceptors (Lipinski definition) is 3. The van der Waals surface area contributed by atoms with Gasteiger partial charge in [0.1, 0.15) is 5.60 Å². The van der Waals surface area contributed by atoms with Gasteiger partial charge in [-0.25, -0.2) is 0 Å². The van der Waals surface area contributed by atoms with E-state index in [2.05, 4.69) is 12.2 Å². The van der Waals surface area contributed by atoms with Crippen molar-refractivity contribution >= 4 is 5.91 Å². The lowest BCUT2D eigenvalue weighted by molar-refractivity contribution is -0.0251. The second-order valence-electron chi connectivity index (χ2n) is 5.85. The molecule has 1 fully saturated rings. The van der Waals surface area contributed by atoms with Gasteiger partial charge in [-0.15, -0.1) is 0 Å². The predicted molar refractivity (Wildman–Crippen MR) is 82.4 cm³/mol. The topological polar surface area (TPSA) is 58.6 Å². The van der Waals surface area contributed by atoms with Gasteiger partial charge < -0.3 is 15.2 Å². The Morgan fingerprint density at radius 1 is 1.43 bits per heavy atom. The van der Waals surface area contributed by atoms with Crippen molar-refractivity contribution in [3.8, 4) is 0 Å². The highest BCUT2D eigenvalue weighted by Gasteiger charge is 2.39. The van der Waals surface area contributed by atoms with E-state index in [1.807, 2.05) is 31.2 Å². The lowest BCUT2D eigenvalue weighted by Gasteiger charge is -2.26. The molecule has 0 spiro atoms. The molecule has 1 aliphatic rings. The van der Waals surface area contributed by atoms with E-state index in [4.69, 9.17) is 4.74 Å². The van der Waals surface area contributed by atoms with E-state index in [9.17, 15) is 9.90 Å². The predicted octanol–water partition coefficient (Wildman–Crippen LogP) is 2.30. The summed E-state index contributed by atoms with van der Waals surface area (Å²) >= 11 is 0. The standard InChI is InChI=1S/C17H25NO3/c1-3-4-5-14-6-8-15(9-7-14)16(19)18-12-17(20)10-11-21-13(17)2/h6-9,13,20H,3-5,10-12H2,1-2H3,(H,18,19). The summed E-state index contributed by atoms with van der Waals surface area (Å²) in [6, 6.07) is 7.69. The first-order valence-corrected chi connectivity index (χ1v) is 7.76. The van der Waals surface area contributed by atoms with Gasteiger partial charge in [-0.05, 0) is 37.5 Å². The Balaban J connectivity index is 1.88. The van der Waals surface area contributed by atoms with E-state index in [1.165, 1.54) is 12.0 Å². The molecule has 1 heterocycles. The minimum absolute atomic E-state index is 0.149. The van der Waals surface area contributed by atoms with Crippen LogP contribution in [0.5, 0.6) is 0 Å². The van der Waals surface area contributed by atoms with E-state index >= 15 is 0 Å². The maximum absolute atomic E-state index is 12.1. The third-order valence-electron chi connectivity index (χ3n) is 4.25. The molecule has 4 nitrogen and oxygen atoms in total. The molecule has 2 rings (SSSR count). The Morgan fingerprint density at radius 2 is 2.14 bits per heavy atom. The normalized spacial score (nSPS) is 25.0. The van der Waals surface area contributed by atoms with Crippen LogP contribution in [-0.4, -0.2) is 35.9 Å². The molecule has 0 radical (unpaired) electrons. The lowest BCUT2D eigenvalue weighted by Crippen LogP contribution is -2.47. The molecule has 2 atom stereocenters. The third-order valence-corrected chi connectivity index (χ3v) is 4.25. The van der Waals surface area contributed by atoms with Crippen molar-refractivity contribution < 1.29 is 14.6 Å². The second kappa shape index (κ2) is 7.05. The molecule has 0 aliphatic carbocycles. The number of ether oxygens (including phenoxy) is 1. The molecule has 1 amide bonds. The van der Waals surface area contributed by atoms with Gasteiger partial charge in [-0.1, -0.05) is 25.5 Å². The minimum Gasteiger partial charge on any atom is -0.385 e. The molecular weight excluding hydrogens is 266 g/mol. The van der Waals surface area contributed by atoms with Crippen molar-refractivity contribution in [1.29, 1.82) is 0 Å². The molecule has 0 aromatic heterocycles. The number of nitrogens with one attached hydrogen (secondary N) is 1. The van der Waals surface area contributed by atoms with Gasteiger partial charge in [-0.3, -0.25) is 4.79 Å². The molecule has 1 aromatic carbocycles. The fraction of sp³-hybridized carbons (Fsp3) is 0.588. The van der Waals surface area contributed by atoms with Crippen molar-refractivity contribution in [2.45, 2.75) is 51.2 Å². The Kier molecular flexibility index (Phi) is 5.37. The average Bonchev–Trinajstić information content (AvgIpc) is 2.83. The zero-order valence-corrected chi connectivity index (χ0v) is 12.9. The van der Waals surface area contributed by atoms with Gasteiger partial charge in [0.05, 0.1) is 6.10 Å². The lowest BCUT2D eigenvalue weighted by atomic mass is 9.96. The number of hydrogen-bond donors (Lipinski definition) is 2. The van der Waals surface area contributed by atoms with E-state index in [0.29, 0.717) is 18.6 Å². The highest BCUT2D eigenvalue weighted by Crippen LogP contribution is 2.24. The molecule has 116 valence electrons. The average molecular weight is 291 g/mol. The van der Waals surface area contributed by atoms with Crippen LogP contribution in [0.1, 0.15) is 49.0 Å². The van der Waals surface area contributed by atoms with Crippen molar-refractivity contribution in [2.75, 3.05) is 13.2 Å². The summed E-state index contributed by atoms with van der Waals surface area (Å²) in [6.45, 7) is 4.77. The summed E-state index contributed by atoms with van der Waals surface area (Å²) in [5, 5.41) is 13.2. The van der Waals surface area contributed by atoms with Crippen LogP contribution in [0.4, 0.5) is 0 Å². The van der Waals surface area contributed by atoms with E-state index in [-0.39, 0.29) is 18.6 Å². The first-order chi connectivity index (χ1) is 10.0. The van der Waals surface area contributed by atoms with E-state index in [0.717, 1.165) is 12.8 Å². The van der Waals surface area contributed by atoms with Crippen molar-refractivity contribution in [2.24, 2.45) is 0 Å². The molecule has 1 saturated heterocycles. The summed E-state index contributed by atoms with van der Waals surface area (Å²) < 4.78 is 5.36. The molecule has 0 bridgehead atoms. The first-order valence-electron chi connectivity index (χ1n) is 7.76. The Labute approximate surface area is 126 Å². The van der Waals surface area contributed by atoms with Gasteiger partial charge in [0.25, 0.3) is 5.91 Å². The maximum atomic E-state index is 12.1. The van der Waals surface area contributed by atoms with Gasteiger partial charge in [0.15, 0.2) is 0 Å². The van der Waals surface area contributed by atoms with Gasteiger partial charge in [-0.2, -0.15) is 0 Å². The molecule has 21 heavy (non-hydrogen) atoms. The number of unbranched alkanes of at least 4 members (excludes halogenated alkanes) is 1. The summed E-state index contributed by atoms with van der Waals surface area (Å²) in [6.07, 6.45) is 3.70. The summed E-state index contributed by atoms with van der Waals surface area (Å²) in [5.41, 5.74) is 0.937. The molecule has 1 aliphatic heterocycles. The van der Waals surface area contributed by atoms with Crippen molar-refractivity contribution in [3.05, 3.63) is 35.4 Å². The number of carbonyl (C=O) groups excluding carboxylic acids is 1. The number of amides is 1. The second-order valence-corrected chi connectivity index (χ2v) is 5.85. The molecule has 0 saturated carbocycles. The van der Waals surface area contributed by atoms with Crippen LogP contribution in [0.15, 0.2) is 24.3 Å². The van der Waals surface area contributed by atoms with Crippen LogP contribution in [0.2, 0.25) is 0 Å². The first kappa shape index (κ1) is 16.0. The number of benzene rings is 1. The summed E-state index contributed by atoms with van der Waals surface area (Å²) in [7, 11) is 0. The fourth-order valence-electron chi connectivity index (χ4n) is 2.54. The highest BCUT2D eigenvalue weighted by molar-refractivity contribution is 5.94. The van der Waals surface area contributed by atoms with Crippen LogP contribution in [-0.2, 0) is 11.2 Å². The Morgan fingerprint density at radius 3 is 2.71 bits per heavy atom. The number of carbonyl (C=O) groups is 1. The fourth-order valence-corrected chi connectivity index (χ4v) is 2.54. The Bertz CT molecular complexity index is 471. The van der Waals surface area contributed by atoms with Crippen LogP contribution >= 0.6 is 0 Å². The van der Waals surface area contributed by atoms with Crippen molar-refractivity contribution in [3.63, 3.8) is 0 Å². The van der Waals surface area contributed by atoms with Crippen molar-refractivity contribution in [1.82, 2.24) is 5.32 Å². The molecule has 2 N–H and O–H groups in total.